The minimum Gasteiger partial charge on any atom is -0.381 e. The summed E-state index contributed by atoms with van der Waals surface area (Å²) in [6.07, 6.45) is 6.22. The number of sulfonamides is 1. The molecule has 1 aliphatic carbocycles. The van der Waals surface area contributed by atoms with E-state index in [2.05, 4.69) is 9.71 Å². The minimum absolute atomic E-state index is 0.0482. The van der Waals surface area contributed by atoms with Crippen molar-refractivity contribution < 1.29 is 13.2 Å². The van der Waals surface area contributed by atoms with Gasteiger partial charge in [-0.15, -0.1) is 5.10 Å². The average molecular weight is 515 g/mol. The molecule has 37 heavy (non-hydrogen) atoms. The van der Waals surface area contributed by atoms with Gasteiger partial charge in [0.05, 0.1) is 11.4 Å². The molecule has 0 amide bonds. The third-order valence-electron chi connectivity index (χ3n) is 6.86. The Morgan fingerprint density at radius 1 is 1.00 bits per heavy atom. The normalized spacial score (nSPS) is 17.6. The lowest BCUT2D eigenvalue weighted by molar-refractivity contribution is 0.0438. The van der Waals surface area contributed by atoms with Gasteiger partial charge in [-0.05, 0) is 24.0 Å². The van der Waals surface area contributed by atoms with Crippen LogP contribution in [0.15, 0.2) is 79.3 Å². The summed E-state index contributed by atoms with van der Waals surface area (Å²) in [6.45, 7) is 0. The molecule has 10 heteroatoms. The molecule has 2 aromatic carbocycles. The maximum atomic E-state index is 13.4. The van der Waals surface area contributed by atoms with Crippen LogP contribution < -0.4 is 4.72 Å². The molecule has 5 aromatic rings. The van der Waals surface area contributed by atoms with Crippen LogP contribution in [-0.4, -0.2) is 51.0 Å². The standard InChI is InChI=1S/C27H26N6O3S/c1-32-14-13-28-27(32)26-29-25(31-37(34,35)21-15-20(16-21)36-2)24-23(19-11-7-4-8-12-19)22(17-33(24)30-26)18-9-5-3-6-10-18/h3-14,17,20-21H,15-16H2,1-2H3,(H,29,30,31). The van der Waals surface area contributed by atoms with E-state index in [1.807, 2.05) is 73.9 Å². The van der Waals surface area contributed by atoms with Crippen molar-refractivity contribution in [2.24, 2.45) is 7.05 Å². The monoisotopic (exact) mass is 514 g/mol. The Bertz CT molecular complexity index is 1670. The molecular weight excluding hydrogens is 488 g/mol. The number of hydrogen-bond donors (Lipinski definition) is 1. The van der Waals surface area contributed by atoms with Gasteiger partial charge in [-0.2, -0.15) is 0 Å². The molecule has 0 spiro atoms. The lowest BCUT2D eigenvalue weighted by atomic mass is 9.95. The van der Waals surface area contributed by atoms with Gasteiger partial charge < -0.3 is 9.30 Å². The van der Waals surface area contributed by atoms with Crippen LogP contribution in [0.2, 0.25) is 0 Å². The zero-order valence-electron chi connectivity index (χ0n) is 20.4. The van der Waals surface area contributed by atoms with Crippen molar-refractivity contribution in [3.63, 3.8) is 0 Å². The Hall–Kier alpha value is -4.02. The second-order valence-electron chi connectivity index (χ2n) is 9.19. The maximum absolute atomic E-state index is 13.4. The van der Waals surface area contributed by atoms with Gasteiger partial charge in [-0.1, -0.05) is 60.7 Å². The predicted octanol–water partition coefficient (Wildman–Crippen LogP) is 4.38. The number of nitrogens with zero attached hydrogens (tertiary/aromatic N) is 5. The molecule has 0 bridgehead atoms. The number of aryl methyl sites for hydroxylation is 1. The van der Waals surface area contributed by atoms with Crippen molar-refractivity contribution in [3.05, 3.63) is 79.3 Å². The number of ether oxygens (including phenoxy) is 1. The number of imidazole rings is 1. The molecule has 0 radical (unpaired) electrons. The number of anilines is 1. The first kappa shape index (κ1) is 23.4. The van der Waals surface area contributed by atoms with Crippen molar-refractivity contribution in [2.75, 3.05) is 11.8 Å². The average Bonchev–Trinajstić information content (AvgIpc) is 3.48. The van der Waals surface area contributed by atoms with Gasteiger partial charge in [0.1, 0.15) is 5.52 Å². The first-order valence-electron chi connectivity index (χ1n) is 12.0. The number of aromatic nitrogens is 5. The fourth-order valence-corrected chi connectivity index (χ4v) is 6.26. The molecular formula is C27H26N6O3S. The van der Waals surface area contributed by atoms with Crippen LogP contribution in [0, 0.1) is 0 Å². The van der Waals surface area contributed by atoms with E-state index in [-0.39, 0.29) is 11.9 Å². The molecule has 9 nitrogen and oxygen atoms in total. The van der Waals surface area contributed by atoms with Crippen LogP contribution in [0.4, 0.5) is 5.82 Å². The highest BCUT2D eigenvalue weighted by molar-refractivity contribution is 7.93. The zero-order valence-corrected chi connectivity index (χ0v) is 21.3. The summed E-state index contributed by atoms with van der Waals surface area (Å²) in [6, 6.07) is 19.8. The third-order valence-corrected chi connectivity index (χ3v) is 8.60. The van der Waals surface area contributed by atoms with Crippen LogP contribution in [-0.2, 0) is 21.8 Å². The summed E-state index contributed by atoms with van der Waals surface area (Å²) in [5.41, 5.74) is 4.26. The SMILES string of the molecule is COC1CC(S(=O)(=O)Nc2nc(-c3nccn3C)nn3cc(-c4ccccc4)c(-c4ccccc4)c23)C1. The number of nitrogens with one attached hydrogen (secondary N) is 1. The third kappa shape index (κ3) is 4.17. The highest BCUT2D eigenvalue weighted by atomic mass is 32.2. The van der Waals surface area contributed by atoms with Crippen molar-refractivity contribution in [1.29, 1.82) is 0 Å². The lowest BCUT2D eigenvalue weighted by Gasteiger charge is -2.33. The molecule has 188 valence electrons. The Morgan fingerprint density at radius 3 is 2.30 bits per heavy atom. The van der Waals surface area contributed by atoms with E-state index in [9.17, 15) is 8.42 Å². The Balaban J connectivity index is 1.60. The fraction of sp³-hybridized carbons (Fsp3) is 0.222. The molecule has 0 saturated heterocycles. The Labute approximate surface area is 214 Å². The van der Waals surface area contributed by atoms with Crippen LogP contribution in [0.5, 0.6) is 0 Å². The van der Waals surface area contributed by atoms with E-state index in [0.29, 0.717) is 30.0 Å². The summed E-state index contributed by atoms with van der Waals surface area (Å²) in [5, 5.41) is 4.22. The smallest absolute Gasteiger partial charge is 0.237 e. The van der Waals surface area contributed by atoms with Gasteiger partial charge in [0.2, 0.25) is 15.8 Å². The van der Waals surface area contributed by atoms with E-state index in [1.165, 1.54) is 0 Å². The van der Waals surface area contributed by atoms with Crippen molar-refractivity contribution in [2.45, 2.75) is 24.2 Å². The van der Waals surface area contributed by atoms with E-state index in [4.69, 9.17) is 14.8 Å². The first-order chi connectivity index (χ1) is 17.9. The van der Waals surface area contributed by atoms with Gasteiger partial charge in [0.15, 0.2) is 11.6 Å². The lowest BCUT2D eigenvalue weighted by Crippen LogP contribution is -2.43. The molecule has 0 unspecified atom stereocenters. The second kappa shape index (κ2) is 9.13. The Kier molecular flexibility index (Phi) is 5.77. The molecule has 3 heterocycles. The van der Waals surface area contributed by atoms with Crippen molar-refractivity contribution in [3.8, 4) is 33.9 Å². The zero-order chi connectivity index (χ0) is 25.6. The minimum atomic E-state index is -3.72. The quantitative estimate of drug-likeness (QED) is 0.346. The van der Waals surface area contributed by atoms with E-state index < -0.39 is 15.3 Å². The van der Waals surface area contributed by atoms with Gasteiger partial charge in [0.25, 0.3) is 0 Å². The van der Waals surface area contributed by atoms with Gasteiger partial charge in [-0.25, -0.2) is 22.9 Å². The molecule has 1 aliphatic rings. The molecule has 1 fully saturated rings. The number of hydrogen-bond acceptors (Lipinski definition) is 6. The number of methoxy groups -OCH3 is 1. The highest BCUT2D eigenvalue weighted by Gasteiger charge is 2.40. The number of rotatable bonds is 7. The van der Waals surface area contributed by atoms with E-state index in [0.717, 1.165) is 22.3 Å². The maximum Gasteiger partial charge on any atom is 0.237 e. The second-order valence-corrected chi connectivity index (χ2v) is 11.1. The topological polar surface area (TPSA) is 103 Å². The summed E-state index contributed by atoms with van der Waals surface area (Å²) < 4.78 is 38.5. The number of fused-ring (bicyclic) bond motifs is 1. The van der Waals surface area contributed by atoms with Crippen LogP contribution in [0.25, 0.3) is 39.4 Å². The number of benzene rings is 2. The van der Waals surface area contributed by atoms with Crippen molar-refractivity contribution in [1.82, 2.24) is 24.1 Å². The highest BCUT2D eigenvalue weighted by Crippen LogP contribution is 2.40. The van der Waals surface area contributed by atoms with E-state index in [1.54, 1.807) is 28.6 Å². The molecule has 1 saturated carbocycles. The molecule has 3 aromatic heterocycles. The van der Waals surface area contributed by atoms with Gasteiger partial charge in [0, 0.05) is 43.9 Å². The predicted molar refractivity (Wildman–Crippen MR) is 142 cm³/mol. The van der Waals surface area contributed by atoms with Crippen LogP contribution in [0.1, 0.15) is 12.8 Å². The van der Waals surface area contributed by atoms with Gasteiger partial charge in [-0.3, -0.25) is 4.72 Å². The van der Waals surface area contributed by atoms with Crippen LogP contribution in [0.3, 0.4) is 0 Å². The molecule has 0 atom stereocenters. The summed E-state index contributed by atoms with van der Waals surface area (Å²) in [7, 11) is -0.272. The van der Waals surface area contributed by atoms with E-state index >= 15 is 0 Å². The largest absolute Gasteiger partial charge is 0.381 e. The summed E-state index contributed by atoms with van der Waals surface area (Å²) in [4.78, 5) is 9.12. The molecule has 0 aliphatic heterocycles. The molecule has 6 rings (SSSR count). The summed E-state index contributed by atoms with van der Waals surface area (Å²) in [5.74, 6) is 1.06. The first-order valence-corrected chi connectivity index (χ1v) is 13.6. The van der Waals surface area contributed by atoms with Gasteiger partial charge >= 0.3 is 0 Å². The molecule has 1 N–H and O–H groups in total. The van der Waals surface area contributed by atoms with Crippen LogP contribution >= 0.6 is 0 Å². The fourth-order valence-electron chi connectivity index (χ4n) is 4.74. The van der Waals surface area contributed by atoms with Crippen molar-refractivity contribution >= 4 is 21.4 Å². The Morgan fingerprint density at radius 2 is 1.68 bits per heavy atom. The summed E-state index contributed by atoms with van der Waals surface area (Å²) >= 11 is 0.